The summed E-state index contributed by atoms with van der Waals surface area (Å²) < 4.78 is 0. The molecule has 1 aliphatic rings. The highest BCUT2D eigenvalue weighted by atomic mass is 32.2. The molecule has 0 radical (unpaired) electrons. The fraction of sp³-hybridized carbons (Fsp3) is 0.643. The van der Waals surface area contributed by atoms with Crippen LogP contribution < -0.4 is 10.6 Å². The monoisotopic (exact) mass is 265 g/mol. The van der Waals surface area contributed by atoms with Gasteiger partial charge in [-0.25, -0.2) is 0 Å². The Bertz CT molecular complexity index is 351. The zero-order chi connectivity index (χ0) is 12.6. The quantitative estimate of drug-likeness (QED) is 0.826. The Kier molecular flexibility index (Phi) is 5.65. The van der Waals surface area contributed by atoms with E-state index in [1.165, 1.54) is 24.3 Å². The van der Waals surface area contributed by atoms with Crippen molar-refractivity contribution in [3.05, 3.63) is 18.5 Å². The number of pyridine rings is 1. The summed E-state index contributed by atoms with van der Waals surface area (Å²) in [5, 5.41) is 6.89. The molecule has 2 N–H and O–H groups in total. The van der Waals surface area contributed by atoms with E-state index in [9.17, 15) is 0 Å². The average Bonchev–Trinajstić information content (AvgIpc) is 2.44. The lowest BCUT2D eigenvalue weighted by Gasteiger charge is -2.22. The Morgan fingerprint density at radius 3 is 2.67 bits per heavy atom. The van der Waals surface area contributed by atoms with Crippen LogP contribution in [0.4, 0.5) is 11.4 Å². The van der Waals surface area contributed by atoms with E-state index >= 15 is 0 Å². The molecule has 1 aromatic rings. The van der Waals surface area contributed by atoms with Crippen LogP contribution in [0.15, 0.2) is 18.5 Å². The van der Waals surface area contributed by atoms with Gasteiger partial charge in [-0.1, -0.05) is 6.92 Å². The number of nitrogens with one attached hydrogen (secondary N) is 2. The summed E-state index contributed by atoms with van der Waals surface area (Å²) in [6.45, 7) is 4.26. The van der Waals surface area contributed by atoms with Gasteiger partial charge in [0.05, 0.1) is 23.8 Å². The highest BCUT2D eigenvalue weighted by Gasteiger charge is 2.13. The minimum atomic E-state index is 0.832. The molecule has 1 aromatic heterocycles. The number of nitrogens with zero attached hydrogens (tertiary/aromatic N) is 1. The summed E-state index contributed by atoms with van der Waals surface area (Å²) in [6, 6.07) is 2.15. The van der Waals surface area contributed by atoms with Crippen LogP contribution in [-0.4, -0.2) is 29.6 Å². The van der Waals surface area contributed by atoms with Crippen LogP contribution in [0.3, 0.4) is 0 Å². The van der Waals surface area contributed by atoms with E-state index < -0.39 is 0 Å². The first-order valence-corrected chi connectivity index (χ1v) is 8.04. The summed E-state index contributed by atoms with van der Waals surface area (Å²) in [4.78, 5) is 4.27. The van der Waals surface area contributed by atoms with Crippen LogP contribution in [0.5, 0.6) is 0 Å². The van der Waals surface area contributed by atoms with E-state index in [1.54, 1.807) is 0 Å². The minimum Gasteiger partial charge on any atom is -0.384 e. The molecule has 0 aromatic carbocycles. The van der Waals surface area contributed by atoms with Gasteiger partial charge in [0.25, 0.3) is 0 Å². The summed E-state index contributed by atoms with van der Waals surface area (Å²) >= 11 is 2.08. The molecule has 2 heterocycles. The molecule has 1 saturated heterocycles. The maximum Gasteiger partial charge on any atom is 0.0547 e. The Morgan fingerprint density at radius 2 is 1.94 bits per heavy atom. The number of hydrogen-bond donors (Lipinski definition) is 2. The van der Waals surface area contributed by atoms with E-state index in [-0.39, 0.29) is 0 Å². The van der Waals surface area contributed by atoms with Crippen molar-refractivity contribution in [2.45, 2.75) is 26.2 Å². The Morgan fingerprint density at radius 1 is 1.22 bits per heavy atom. The Labute approximate surface area is 114 Å². The smallest absolute Gasteiger partial charge is 0.0547 e. The number of anilines is 2. The van der Waals surface area contributed by atoms with Crippen LogP contribution in [0.25, 0.3) is 0 Å². The average molecular weight is 265 g/mol. The normalized spacial score (nSPS) is 16.5. The maximum absolute atomic E-state index is 4.27. The lowest BCUT2D eigenvalue weighted by atomic mass is 10.0. The summed E-state index contributed by atoms with van der Waals surface area (Å²) in [5.41, 5.74) is 2.25. The third-order valence-corrected chi connectivity index (χ3v) is 4.30. The summed E-state index contributed by atoms with van der Waals surface area (Å²) in [6.07, 6.45) is 7.63. The van der Waals surface area contributed by atoms with E-state index in [2.05, 4.69) is 40.4 Å². The summed E-state index contributed by atoms with van der Waals surface area (Å²) in [5.74, 6) is 3.48. The SMILES string of the molecule is CCCNc1cncc(NCC2CCSCC2)c1. The second kappa shape index (κ2) is 7.52. The Hall–Kier alpha value is -0.900. The highest BCUT2D eigenvalue weighted by Crippen LogP contribution is 2.23. The van der Waals surface area contributed by atoms with Crippen LogP contribution in [0.2, 0.25) is 0 Å². The lowest BCUT2D eigenvalue weighted by Crippen LogP contribution is -2.19. The molecule has 0 amide bonds. The van der Waals surface area contributed by atoms with Gasteiger partial charge in [-0.05, 0) is 42.8 Å². The number of thioether (sulfide) groups is 1. The first kappa shape index (κ1) is 13.5. The third-order valence-electron chi connectivity index (χ3n) is 3.25. The van der Waals surface area contributed by atoms with E-state index in [4.69, 9.17) is 0 Å². The second-order valence-electron chi connectivity index (χ2n) is 4.83. The van der Waals surface area contributed by atoms with Gasteiger partial charge in [0, 0.05) is 13.1 Å². The first-order valence-electron chi connectivity index (χ1n) is 6.89. The zero-order valence-corrected chi connectivity index (χ0v) is 11.9. The van der Waals surface area contributed by atoms with Gasteiger partial charge in [0.1, 0.15) is 0 Å². The molecule has 2 rings (SSSR count). The van der Waals surface area contributed by atoms with Crippen LogP contribution in [0.1, 0.15) is 26.2 Å². The molecule has 3 nitrogen and oxygen atoms in total. The molecule has 0 spiro atoms. The van der Waals surface area contributed by atoms with Crippen molar-refractivity contribution in [3.63, 3.8) is 0 Å². The van der Waals surface area contributed by atoms with Crippen molar-refractivity contribution >= 4 is 23.1 Å². The zero-order valence-electron chi connectivity index (χ0n) is 11.1. The number of hydrogen-bond acceptors (Lipinski definition) is 4. The predicted octanol–water partition coefficient (Wildman–Crippen LogP) is 3.46. The van der Waals surface area contributed by atoms with Crippen molar-refractivity contribution in [2.75, 3.05) is 35.2 Å². The number of rotatable bonds is 6. The molecule has 4 heteroatoms. The van der Waals surface area contributed by atoms with Gasteiger partial charge in [0.2, 0.25) is 0 Å². The summed E-state index contributed by atoms with van der Waals surface area (Å²) in [7, 11) is 0. The molecule has 1 aliphatic heterocycles. The number of aromatic nitrogens is 1. The molecule has 0 atom stereocenters. The first-order chi connectivity index (χ1) is 8.88. The fourth-order valence-electron chi connectivity index (χ4n) is 2.12. The second-order valence-corrected chi connectivity index (χ2v) is 6.05. The largest absolute Gasteiger partial charge is 0.384 e. The van der Waals surface area contributed by atoms with Crippen LogP contribution in [0, 0.1) is 5.92 Å². The van der Waals surface area contributed by atoms with Gasteiger partial charge in [-0.2, -0.15) is 11.8 Å². The van der Waals surface area contributed by atoms with Crippen LogP contribution in [-0.2, 0) is 0 Å². The van der Waals surface area contributed by atoms with E-state index in [1.807, 2.05) is 12.4 Å². The molecule has 18 heavy (non-hydrogen) atoms. The molecule has 1 fully saturated rings. The van der Waals surface area contributed by atoms with Crippen molar-refractivity contribution in [2.24, 2.45) is 5.92 Å². The van der Waals surface area contributed by atoms with Crippen LogP contribution >= 0.6 is 11.8 Å². The molecule has 0 bridgehead atoms. The van der Waals surface area contributed by atoms with Gasteiger partial charge in [-0.3, -0.25) is 4.98 Å². The van der Waals surface area contributed by atoms with E-state index in [0.717, 1.165) is 36.8 Å². The molecule has 0 unspecified atom stereocenters. The molecule has 0 aliphatic carbocycles. The Balaban J connectivity index is 1.80. The maximum atomic E-state index is 4.27. The molecule has 100 valence electrons. The molecular weight excluding hydrogens is 242 g/mol. The van der Waals surface area contributed by atoms with Crippen molar-refractivity contribution < 1.29 is 0 Å². The lowest BCUT2D eigenvalue weighted by molar-refractivity contribution is 0.516. The predicted molar refractivity (Wildman–Crippen MR) is 81.6 cm³/mol. The van der Waals surface area contributed by atoms with Crippen molar-refractivity contribution in [1.82, 2.24) is 4.98 Å². The molecular formula is C14H23N3S. The van der Waals surface area contributed by atoms with Gasteiger partial charge < -0.3 is 10.6 Å². The topological polar surface area (TPSA) is 37.0 Å². The standard InChI is InChI=1S/C14H23N3S/c1-2-5-16-13-8-14(11-15-10-13)17-9-12-3-6-18-7-4-12/h8,10-12,16-17H,2-7,9H2,1H3. The fourth-order valence-corrected chi connectivity index (χ4v) is 3.32. The van der Waals surface area contributed by atoms with Gasteiger partial charge >= 0.3 is 0 Å². The van der Waals surface area contributed by atoms with Crippen molar-refractivity contribution in [1.29, 1.82) is 0 Å². The van der Waals surface area contributed by atoms with Gasteiger partial charge in [-0.15, -0.1) is 0 Å². The highest BCUT2D eigenvalue weighted by molar-refractivity contribution is 7.99. The molecule has 0 saturated carbocycles. The third kappa shape index (κ3) is 4.41. The van der Waals surface area contributed by atoms with Gasteiger partial charge in [0.15, 0.2) is 0 Å². The van der Waals surface area contributed by atoms with E-state index in [0.29, 0.717) is 0 Å². The minimum absolute atomic E-state index is 0.832. The van der Waals surface area contributed by atoms with Crippen molar-refractivity contribution in [3.8, 4) is 0 Å².